The SMILES string of the molecule is CN=C(NCCCn1nc2n(c1=O)CCCC2)NCCc1c[nH]c2ccccc12.I. The van der Waals surface area contributed by atoms with E-state index in [0.717, 1.165) is 63.5 Å². The molecule has 162 valence electrons. The number of halogens is 1. The Morgan fingerprint density at radius 3 is 2.90 bits per heavy atom. The molecule has 0 fully saturated rings. The standard InChI is InChI=1S/C21H29N7O.HI/c1-22-20(24-12-10-16-15-25-18-8-3-2-7-17(16)18)23-11-6-14-28-21(29)27-13-5-4-9-19(27)26-28;/h2-3,7-8,15,25H,4-6,9-14H2,1H3,(H2,22,23,24);1H. The van der Waals surface area contributed by atoms with Gasteiger partial charge in [-0.1, -0.05) is 18.2 Å². The number of aliphatic imine (C=N–C) groups is 1. The molecule has 8 nitrogen and oxygen atoms in total. The van der Waals surface area contributed by atoms with Crippen LogP contribution in [0.1, 0.15) is 30.7 Å². The number of para-hydroxylation sites is 1. The van der Waals surface area contributed by atoms with Crippen molar-refractivity contribution < 1.29 is 0 Å². The van der Waals surface area contributed by atoms with E-state index in [4.69, 9.17) is 0 Å². The van der Waals surface area contributed by atoms with E-state index in [2.05, 4.69) is 50.1 Å². The Balaban J connectivity index is 0.00000256. The van der Waals surface area contributed by atoms with E-state index in [-0.39, 0.29) is 29.7 Å². The van der Waals surface area contributed by atoms with Crippen molar-refractivity contribution in [3.8, 4) is 0 Å². The van der Waals surface area contributed by atoms with Crippen LogP contribution in [0.4, 0.5) is 0 Å². The third kappa shape index (κ3) is 5.05. The van der Waals surface area contributed by atoms with Crippen LogP contribution in [0.25, 0.3) is 10.9 Å². The minimum atomic E-state index is 0. The van der Waals surface area contributed by atoms with Crippen molar-refractivity contribution in [2.75, 3.05) is 20.1 Å². The number of hydrogen-bond donors (Lipinski definition) is 3. The molecule has 0 bridgehead atoms. The van der Waals surface area contributed by atoms with Crippen molar-refractivity contribution in [2.24, 2.45) is 4.99 Å². The molecule has 0 saturated carbocycles. The van der Waals surface area contributed by atoms with Crippen molar-refractivity contribution in [3.05, 3.63) is 52.3 Å². The van der Waals surface area contributed by atoms with Crippen molar-refractivity contribution >= 4 is 40.8 Å². The highest BCUT2D eigenvalue weighted by Gasteiger charge is 2.16. The van der Waals surface area contributed by atoms with Gasteiger partial charge in [0.2, 0.25) is 0 Å². The molecule has 3 heterocycles. The summed E-state index contributed by atoms with van der Waals surface area (Å²) in [5, 5.41) is 12.4. The molecule has 4 rings (SSSR count). The summed E-state index contributed by atoms with van der Waals surface area (Å²) in [6.07, 6.45) is 6.91. The van der Waals surface area contributed by atoms with Crippen LogP contribution in [-0.4, -0.2) is 45.4 Å². The second kappa shape index (κ2) is 10.6. The molecule has 3 aromatic rings. The van der Waals surface area contributed by atoms with Crippen LogP contribution < -0.4 is 16.3 Å². The Labute approximate surface area is 193 Å². The van der Waals surface area contributed by atoms with Gasteiger partial charge in [-0.3, -0.25) is 9.56 Å². The molecular weight excluding hydrogens is 493 g/mol. The summed E-state index contributed by atoms with van der Waals surface area (Å²) in [6.45, 7) is 2.97. The molecule has 1 aliphatic rings. The number of H-pyrrole nitrogens is 1. The first-order chi connectivity index (χ1) is 14.3. The van der Waals surface area contributed by atoms with Crippen molar-refractivity contribution in [3.63, 3.8) is 0 Å². The number of aromatic nitrogens is 4. The van der Waals surface area contributed by atoms with Crippen molar-refractivity contribution in [1.82, 2.24) is 30.0 Å². The van der Waals surface area contributed by atoms with Gasteiger partial charge in [-0.2, -0.15) is 5.10 Å². The third-order valence-electron chi connectivity index (χ3n) is 5.46. The lowest BCUT2D eigenvalue weighted by Crippen LogP contribution is -2.39. The van der Waals surface area contributed by atoms with E-state index in [1.807, 2.05) is 10.6 Å². The quantitative estimate of drug-likeness (QED) is 0.192. The Hall–Kier alpha value is -2.30. The second-order valence-electron chi connectivity index (χ2n) is 7.42. The highest BCUT2D eigenvalue weighted by atomic mass is 127. The number of hydrogen-bond acceptors (Lipinski definition) is 3. The van der Waals surface area contributed by atoms with Gasteiger partial charge in [0.05, 0.1) is 0 Å². The highest BCUT2D eigenvalue weighted by Crippen LogP contribution is 2.17. The molecule has 0 saturated heterocycles. The monoisotopic (exact) mass is 523 g/mol. The van der Waals surface area contributed by atoms with Crippen LogP contribution in [0.5, 0.6) is 0 Å². The van der Waals surface area contributed by atoms with E-state index in [1.54, 1.807) is 11.7 Å². The molecule has 0 amide bonds. The van der Waals surface area contributed by atoms with Crippen molar-refractivity contribution in [1.29, 1.82) is 0 Å². The lowest BCUT2D eigenvalue weighted by molar-refractivity contribution is 0.509. The zero-order chi connectivity index (χ0) is 20.1. The van der Waals surface area contributed by atoms with Crippen LogP contribution >= 0.6 is 24.0 Å². The van der Waals surface area contributed by atoms with Gasteiger partial charge in [0.1, 0.15) is 5.82 Å². The Morgan fingerprint density at radius 1 is 1.23 bits per heavy atom. The van der Waals surface area contributed by atoms with Gasteiger partial charge in [-0.05, 0) is 37.3 Å². The molecule has 0 aliphatic carbocycles. The molecular formula is C21H30IN7O. The van der Waals surface area contributed by atoms with E-state index >= 15 is 0 Å². The normalized spacial score (nSPS) is 13.7. The summed E-state index contributed by atoms with van der Waals surface area (Å²) in [4.78, 5) is 19.9. The fraction of sp³-hybridized carbons (Fsp3) is 0.476. The summed E-state index contributed by atoms with van der Waals surface area (Å²) in [5.41, 5.74) is 2.49. The first kappa shape index (κ1) is 22.4. The van der Waals surface area contributed by atoms with Gasteiger partial charge in [-0.15, -0.1) is 24.0 Å². The minimum Gasteiger partial charge on any atom is -0.361 e. The number of rotatable bonds is 7. The van der Waals surface area contributed by atoms with Crippen LogP contribution in [0.2, 0.25) is 0 Å². The fourth-order valence-electron chi connectivity index (χ4n) is 3.90. The van der Waals surface area contributed by atoms with E-state index in [9.17, 15) is 4.79 Å². The molecule has 0 atom stereocenters. The van der Waals surface area contributed by atoms with Gasteiger partial charge in [0, 0.05) is 56.7 Å². The number of guanidine groups is 1. The smallest absolute Gasteiger partial charge is 0.345 e. The molecule has 2 aromatic heterocycles. The summed E-state index contributed by atoms with van der Waals surface area (Å²) < 4.78 is 3.43. The maximum atomic E-state index is 12.3. The summed E-state index contributed by atoms with van der Waals surface area (Å²) in [6, 6.07) is 8.34. The van der Waals surface area contributed by atoms with Gasteiger partial charge in [0.25, 0.3) is 0 Å². The Morgan fingerprint density at radius 2 is 2.07 bits per heavy atom. The van der Waals surface area contributed by atoms with E-state index in [1.165, 1.54) is 16.5 Å². The Kier molecular flexibility index (Phi) is 7.94. The number of nitrogens with one attached hydrogen (secondary N) is 3. The number of nitrogens with zero attached hydrogens (tertiary/aromatic N) is 4. The average molecular weight is 523 g/mol. The second-order valence-corrected chi connectivity index (χ2v) is 7.42. The molecule has 1 aliphatic heterocycles. The maximum Gasteiger partial charge on any atom is 0.345 e. The maximum absolute atomic E-state index is 12.3. The predicted octanol–water partition coefficient (Wildman–Crippen LogP) is 2.28. The van der Waals surface area contributed by atoms with Crippen LogP contribution in [0.3, 0.4) is 0 Å². The summed E-state index contributed by atoms with van der Waals surface area (Å²) in [5.74, 6) is 1.71. The first-order valence-corrected chi connectivity index (χ1v) is 10.4. The van der Waals surface area contributed by atoms with Gasteiger partial charge in [-0.25, -0.2) is 9.48 Å². The molecule has 30 heavy (non-hydrogen) atoms. The zero-order valence-electron chi connectivity index (χ0n) is 17.4. The van der Waals surface area contributed by atoms with Gasteiger partial charge in [0.15, 0.2) is 5.96 Å². The molecule has 0 radical (unpaired) electrons. The van der Waals surface area contributed by atoms with Crippen LogP contribution in [-0.2, 0) is 25.9 Å². The number of benzene rings is 1. The van der Waals surface area contributed by atoms with Gasteiger partial charge >= 0.3 is 5.69 Å². The number of aromatic amines is 1. The van der Waals surface area contributed by atoms with Crippen LogP contribution in [0, 0.1) is 0 Å². The summed E-state index contributed by atoms with van der Waals surface area (Å²) >= 11 is 0. The molecule has 3 N–H and O–H groups in total. The molecule has 9 heteroatoms. The molecule has 0 unspecified atom stereocenters. The molecule has 0 spiro atoms. The third-order valence-corrected chi connectivity index (χ3v) is 5.46. The van der Waals surface area contributed by atoms with E-state index < -0.39 is 0 Å². The lowest BCUT2D eigenvalue weighted by atomic mass is 10.1. The number of aryl methyl sites for hydroxylation is 2. The zero-order valence-corrected chi connectivity index (χ0v) is 19.7. The topological polar surface area (TPSA) is 92.0 Å². The predicted molar refractivity (Wildman–Crippen MR) is 131 cm³/mol. The van der Waals surface area contributed by atoms with E-state index in [0.29, 0.717) is 6.54 Å². The molecule has 1 aromatic carbocycles. The Bertz CT molecular complexity index is 1050. The van der Waals surface area contributed by atoms with Crippen LogP contribution in [0.15, 0.2) is 40.2 Å². The summed E-state index contributed by atoms with van der Waals surface area (Å²) in [7, 11) is 1.77. The lowest BCUT2D eigenvalue weighted by Gasteiger charge is -2.11. The fourth-order valence-corrected chi connectivity index (χ4v) is 3.90. The van der Waals surface area contributed by atoms with Crippen molar-refractivity contribution in [2.45, 2.75) is 45.2 Å². The van der Waals surface area contributed by atoms with Gasteiger partial charge < -0.3 is 15.6 Å². The average Bonchev–Trinajstić information content (AvgIpc) is 3.31. The largest absolute Gasteiger partial charge is 0.361 e. The first-order valence-electron chi connectivity index (χ1n) is 10.4. The number of fused-ring (bicyclic) bond motifs is 2. The minimum absolute atomic E-state index is 0. The highest BCUT2D eigenvalue weighted by molar-refractivity contribution is 14.0.